The highest BCUT2D eigenvalue weighted by Crippen LogP contribution is 2.30. The van der Waals surface area contributed by atoms with E-state index in [9.17, 15) is 14.4 Å². The van der Waals surface area contributed by atoms with Crippen molar-refractivity contribution in [2.75, 3.05) is 17.3 Å². The van der Waals surface area contributed by atoms with Gasteiger partial charge in [-0.3, -0.25) is 9.59 Å². The molecule has 140 valence electrons. The molecule has 1 saturated carbocycles. The van der Waals surface area contributed by atoms with E-state index in [4.69, 9.17) is 4.74 Å². The molecule has 1 aliphatic carbocycles. The Bertz CT molecular complexity index is 829. The molecule has 1 N–H and O–H groups in total. The van der Waals surface area contributed by atoms with E-state index in [1.165, 1.54) is 4.90 Å². The van der Waals surface area contributed by atoms with Gasteiger partial charge in [0, 0.05) is 24.3 Å². The van der Waals surface area contributed by atoms with Crippen LogP contribution in [-0.2, 0) is 14.3 Å². The second-order valence-electron chi connectivity index (χ2n) is 6.62. The Labute approximate surface area is 158 Å². The third-order valence-electron chi connectivity index (χ3n) is 4.44. The van der Waals surface area contributed by atoms with Crippen LogP contribution in [-0.4, -0.2) is 30.9 Å². The highest BCUT2D eigenvalue weighted by Gasteiger charge is 2.29. The molecule has 1 unspecified atom stereocenters. The summed E-state index contributed by atoms with van der Waals surface area (Å²) < 4.78 is 5.29. The molecular weight excluding hydrogens is 344 g/mol. The summed E-state index contributed by atoms with van der Waals surface area (Å²) in [5.41, 5.74) is 1.68. The first kappa shape index (κ1) is 18.6. The summed E-state index contributed by atoms with van der Waals surface area (Å²) in [7, 11) is 1.64. The lowest BCUT2D eigenvalue weighted by molar-refractivity contribution is -0.126. The molecule has 0 aromatic heterocycles. The molecule has 0 spiro atoms. The number of nitrogens with one attached hydrogen (secondary N) is 1. The number of para-hydroxylation sites is 1. The van der Waals surface area contributed by atoms with Crippen LogP contribution in [0.4, 0.5) is 11.4 Å². The summed E-state index contributed by atoms with van der Waals surface area (Å²) >= 11 is 0. The summed E-state index contributed by atoms with van der Waals surface area (Å²) in [6.07, 6.45) is 0.941. The fourth-order valence-electron chi connectivity index (χ4n) is 2.61. The maximum Gasteiger partial charge on any atom is 0.338 e. The zero-order chi connectivity index (χ0) is 19.4. The fourth-order valence-corrected chi connectivity index (χ4v) is 2.61. The van der Waals surface area contributed by atoms with Gasteiger partial charge in [-0.15, -0.1) is 0 Å². The van der Waals surface area contributed by atoms with Crippen LogP contribution < -0.4 is 10.2 Å². The van der Waals surface area contributed by atoms with Crippen LogP contribution in [0.25, 0.3) is 0 Å². The molecule has 3 rings (SSSR count). The molecule has 6 nitrogen and oxygen atoms in total. The average Bonchev–Trinajstić information content (AvgIpc) is 3.53. The van der Waals surface area contributed by atoms with Gasteiger partial charge in [-0.2, -0.15) is 0 Å². The van der Waals surface area contributed by atoms with Gasteiger partial charge in [-0.05, 0) is 56.2 Å². The molecule has 1 aliphatic rings. The first-order valence-electron chi connectivity index (χ1n) is 8.90. The van der Waals surface area contributed by atoms with Crippen LogP contribution >= 0.6 is 0 Å². The van der Waals surface area contributed by atoms with Gasteiger partial charge in [0.25, 0.3) is 5.91 Å². The summed E-state index contributed by atoms with van der Waals surface area (Å²) in [4.78, 5) is 37.9. The minimum Gasteiger partial charge on any atom is -0.449 e. The molecule has 27 heavy (non-hydrogen) atoms. The van der Waals surface area contributed by atoms with Crippen molar-refractivity contribution in [1.29, 1.82) is 0 Å². The molecule has 0 aliphatic heterocycles. The third-order valence-corrected chi connectivity index (χ3v) is 4.44. The van der Waals surface area contributed by atoms with Crippen molar-refractivity contribution in [3.63, 3.8) is 0 Å². The highest BCUT2D eigenvalue weighted by molar-refractivity contribution is 5.99. The molecule has 0 bridgehead atoms. The van der Waals surface area contributed by atoms with Crippen molar-refractivity contribution < 1.29 is 19.1 Å². The van der Waals surface area contributed by atoms with E-state index < -0.39 is 12.1 Å². The maximum atomic E-state index is 12.5. The number of carbonyl (C=O) groups is 3. The maximum absolute atomic E-state index is 12.5. The van der Waals surface area contributed by atoms with Gasteiger partial charge in [-0.1, -0.05) is 18.2 Å². The zero-order valence-electron chi connectivity index (χ0n) is 15.3. The molecule has 2 amide bonds. The van der Waals surface area contributed by atoms with Crippen molar-refractivity contribution >= 4 is 29.2 Å². The second kappa shape index (κ2) is 8.03. The Hall–Kier alpha value is -3.15. The first-order chi connectivity index (χ1) is 13.0. The van der Waals surface area contributed by atoms with E-state index in [1.54, 1.807) is 50.4 Å². The number of hydrogen-bond acceptors (Lipinski definition) is 4. The van der Waals surface area contributed by atoms with Crippen LogP contribution in [0.5, 0.6) is 0 Å². The Morgan fingerprint density at radius 1 is 1.04 bits per heavy atom. The number of anilines is 2. The number of rotatable bonds is 6. The summed E-state index contributed by atoms with van der Waals surface area (Å²) in [6.45, 7) is 1.55. The van der Waals surface area contributed by atoms with Crippen LogP contribution in [0.1, 0.15) is 30.1 Å². The number of ether oxygens (including phenoxy) is 1. The Kier molecular flexibility index (Phi) is 5.54. The highest BCUT2D eigenvalue weighted by atomic mass is 16.5. The molecule has 0 saturated heterocycles. The largest absolute Gasteiger partial charge is 0.449 e. The molecule has 2 aromatic rings. The zero-order valence-corrected chi connectivity index (χ0v) is 15.3. The van der Waals surface area contributed by atoms with Crippen LogP contribution in [0.3, 0.4) is 0 Å². The van der Waals surface area contributed by atoms with Crippen molar-refractivity contribution in [2.45, 2.75) is 25.9 Å². The lowest BCUT2D eigenvalue weighted by Gasteiger charge is -2.21. The van der Waals surface area contributed by atoms with Gasteiger partial charge < -0.3 is 15.0 Å². The van der Waals surface area contributed by atoms with E-state index >= 15 is 0 Å². The molecule has 0 radical (unpaired) electrons. The smallest absolute Gasteiger partial charge is 0.338 e. The topological polar surface area (TPSA) is 75.7 Å². The van der Waals surface area contributed by atoms with Crippen LogP contribution in [0.15, 0.2) is 54.6 Å². The van der Waals surface area contributed by atoms with Gasteiger partial charge in [0.15, 0.2) is 6.10 Å². The van der Waals surface area contributed by atoms with Crippen LogP contribution in [0, 0.1) is 5.92 Å². The predicted molar refractivity (Wildman–Crippen MR) is 103 cm³/mol. The Balaban J connectivity index is 1.57. The van der Waals surface area contributed by atoms with Gasteiger partial charge in [-0.25, -0.2) is 4.79 Å². The van der Waals surface area contributed by atoms with Gasteiger partial charge in [0.2, 0.25) is 5.91 Å². The van der Waals surface area contributed by atoms with Gasteiger partial charge in [0.1, 0.15) is 0 Å². The minimum atomic E-state index is -0.919. The normalized spacial score (nSPS) is 14.1. The van der Waals surface area contributed by atoms with E-state index in [1.807, 2.05) is 18.2 Å². The lowest BCUT2D eigenvalue weighted by atomic mass is 10.2. The number of nitrogens with zero attached hydrogens (tertiary/aromatic N) is 1. The number of amides is 2. The minimum absolute atomic E-state index is 0.00787. The third kappa shape index (κ3) is 4.73. The van der Waals surface area contributed by atoms with Crippen molar-refractivity contribution in [1.82, 2.24) is 0 Å². The van der Waals surface area contributed by atoms with E-state index in [0.29, 0.717) is 11.3 Å². The summed E-state index contributed by atoms with van der Waals surface area (Å²) in [6, 6.07) is 15.6. The van der Waals surface area contributed by atoms with Crippen molar-refractivity contribution in [3.8, 4) is 0 Å². The number of carbonyl (C=O) groups excluding carboxylic acids is 3. The number of hydrogen-bond donors (Lipinski definition) is 1. The standard InChI is InChI=1S/C21H22N2O4/c1-14(20(25)23(2)18-6-4-3-5-7-18)27-21(26)16-10-12-17(13-11-16)22-19(24)15-8-9-15/h3-7,10-15H,8-9H2,1-2H3,(H,22,24). The quantitative estimate of drug-likeness (QED) is 0.797. The summed E-state index contributed by atoms with van der Waals surface area (Å²) in [5, 5.41) is 2.81. The monoisotopic (exact) mass is 366 g/mol. The lowest BCUT2D eigenvalue weighted by Crippen LogP contribution is -2.37. The second-order valence-corrected chi connectivity index (χ2v) is 6.62. The SMILES string of the molecule is CC(OC(=O)c1ccc(NC(=O)C2CC2)cc1)C(=O)N(C)c1ccccc1. The Morgan fingerprint density at radius 2 is 1.67 bits per heavy atom. The van der Waals surface area contributed by atoms with Crippen LogP contribution in [0.2, 0.25) is 0 Å². The van der Waals surface area contributed by atoms with Crippen molar-refractivity contribution in [2.24, 2.45) is 5.92 Å². The first-order valence-corrected chi connectivity index (χ1v) is 8.90. The van der Waals surface area contributed by atoms with Gasteiger partial charge >= 0.3 is 5.97 Å². The summed E-state index contributed by atoms with van der Waals surface area (Å²) in [5.74, 6) is -0.781. The predicted octanol–water partition coefficient (Wildman–Crippen LogP) is 3.24. The molecule has 1 atom stereocenters. The number of esters is 1. The molecule has 0 heterocycles. The molecule has 6 heteroatoms. The fraction of sp³-hybridized carbons (Fsp3) is 0.286. The number of likely N-dealkylation sites (N-methyl/N-ethyl adjacent to an activating group) is 1. The molecular formula is C21H22N2O4. The Morgan fingerprint density at radius 3 is 2.26 bits per heavy atom. The van der Waals surface area contributed by atoms with Gasteiger partial charge in [0.05, 0.1) is 5.56 Å². The average molecular weight is 366 g/mol. The van der Waals surface area contributed by atoms with E-state index in [0.717, 1.165) is 18.5 Å². The molecule has 1 fully saturated rings. The number of benzene rings is 2. The van der Waals surface area contributed by atoms with E-state index in [-0.39, 0.29) is 17.7 Å². The van der Waals surface area contributed by atoms with E-state index in [2.05, 4.69) is 5.32 Å². The van der Waals surface area contributed by atoms with Crippen molar-refractivity contribution in [3.05, 3.63) is 60.2 Å². The molecule has 2 aromatic carbocycles.